The zero-order valence-electron chi connectivity index (χ0n) is 37.1. The molecule has 326 valence electrons. The number of carbonyl (C=O) groups excluding carboxylic acids is 3. The summed E-state index contributed by atoms with van der Waals surface area (Å²) in [5, 5.41) is 0. The molecule has 0 rings (SSSR count). The highest BCUT2D eigenvalue weighted by atomic mass is 16.6. The second kappa shape index (κ2) is 45.6. The van der Waals surface area contributed by atoms with E-state index in [1.165, 1.54) is 64.2 Å². The van der Waals surface area contributed by atoms with E-state index in [1.54, 1.807) is 0 Å². The smallest absolute Gasteiger partial charge is 0.306 e. The third-order valence-corrected chi connectivity index (χ3v) is 9.66. The van der Waals surface area contributed by atoms with Crippen LogP contribution in [0.2, 0.25) is 0 Å². The van der Waals surface area contributed by atoms with Gasteiger partial charge in [-0.2, -0.15) is 0 Å². The van der Waals surface area contributed by atoms with Crippen LogP contribution in [0.1, 0.15) is 213 Å². The first-order valence-corrected chi connectivity index (χ1v) is 23.4. The maximum absolute atomic E-state index is 12.7. The molecule has 0 bridgehead atoms. The number of unbranched alkanes of at least 4 members (excludes halogenated alkanes) is 18. The van der Waals surface area contributed by atoms with Gasteiger partial charge in [0.15, 0.2) is 6.10 Å². The minimum atomic E-state index is -0.793. The van der Waals surface area contributed by atoms with Crippen LogP contribution in [0.15, 0.2) is 72.9 Å². The van der Waals surface area contributed by atoms with Crippen molar-refractivity contribution in [2.75, 3.05) is 13.2 Å². The van der Waals surface area contributed by atoms with Gasteiger partial charge in [-0.1, -0.05) is 171 Å². The van der Waals surface area contributed by atoms with E-state index in [2.05, 4.69) is 93.7 Å². The predicted octanol–water partition coefficient (Wildman–Crippen LogP) is 15.1. The van der Waals surface area contributed by atoms with Crippen molar-refractivity contribution in [3.05, 3.63) is 72.9 Å². The van der Waals surface area contributed by atoms with E-state index in [-0.39, 0.29) is 31.1 Å². The second-order valence-electron chi connectivity index (χ2n) is 15.3. The maximum atomic E-state index is 12.7. The summed E-state index contributed by atoms with van der Waals surface area (Å²) < 4.78 is 16.6. The Morgan fingerprint density at radius 3 is 1.21 bits per heavy atom. The standard InChI is InChI=1S/C51H86O6/c1-4-7-10-13-16-19-21-22-23-24-25-26-27-28-30-32-35-38-41-44-50(53)56-47-48(46-55-49(52)43-40-37-34-31-18-15-12-9-6-3)57-51(54)45-42-39-36-33-29-20-17-14-11-8-5-2/h7,10,14,16-17,19,22-23,25-26,31,34,48H,4-6,8-9,11-13,15,18,20-21,24,27-30,32-33,35-47H2,1-3H3/b10-7-,17-14-,19-16-,23-22-,26-25-,34-31-. The van der Waals surface area contributed by atoms with Gasteiger partial charge in [0.25, 0.3) is 0 Å². The van der Waals surface area contributed by atoms with Gasteiger partial charge in [-0.15, -0.1) is 0 Å². The summed E-state index contributed by atoms with van der Waals surface area (Å²) in [4.78, 5) is 37.7. The first-order chi connectivity index (χ1) is 28.0. The fourth-order valence-electron chi connectivity index (χ4n) is 6.12. The van der Waals surface area contributed by atoms with Crippen LogP contribution in [0.3, 0.4) is 0 Å². The number of esters is 3. The lowest BCUT2D eigenvalue weighted by molar-refractivity contribution is -0.167. The summed E-state index contributed by atoms with van der Waals surface area (Å²) in [5.41, 5.74) is 0. The lowest BCUT2D eigenvalue weighted by Gasteiger charge is -2.18. The van der Waals surface area contributed by atoms with Crippen LogP contribution in [0, 0.1) is 0 Å². The highest BCUT2D eigenvalue weighted by molar-refractivity contribution is 5.71. The van der Waals surface area contributed by atoms with Gasteiger partial charge >= 0.3 is 17.9 Å². The van der Waals surface area contributed by atoms with Crippen molar-refractivity contribution in [1.29, 1.82) is 0 Å². The molecule has 0 aromatic carbocycles. The number of hydrogen-bond donors (Lipinski definition) is 0. The molecule has 0 radical (unpaired) electrons. The molecule has 0 heterocycles. The van der Waals surface area contributed by atoms with Crippen LogP contribution in [0.4, 0.5) is 0 Å². The van der Waals surface area contributed by atoms with Gasteiger partial charge in [0, 0.05) is 19.3 Å². The normalized spacial score (nSPS) is 12.7. The number of ether oxygens (including phenoxy) is 3. The summed E-state index contributed by atoms with van der Waals surface area (Å²) in [5.74, 6) is -0.960. The van der Waals surface area contributed by atoms with Gasteiger partial charge in [-0.3, -0.25) is 14.4 Å². The van der Waals surface area contributed by atoms with E-state index in [1.807, 2.05) is 0 Å². The molecule has 0 aliphatic carbocycles. The molecule has 6 heteroatoms. The van der Waals surface area contributed by atoms with Crippen LogP contribution < -0.4 is 0 Å². The minimum absolute atomic E-state index is 0.0955. The Bertz CT molecular complexity index is 1100. The molecular weight excluding hydrogens is 709 g/mol. The van der Waals surface area contributed by atoms with Gasteiger partial charge in [-0.05, 0) is 96.3 Å². The molecule has 0 N–H and O–H groups in total. The molecule has 0 aliphatic heterocycles. The highest BCUT2D eigenvalue weighted by Crippen LogP contribution is 2.13. The predicted molar refractivity (Wildman–Crippen MR) is 242 cm³/mol. The van der Waals surface area contributed by atoms with Crippen molar-refractivity contribution in [3.8, 4) is 0 Å². The Balaban J connectivity index is 4.36. The molecule has 57 heavy (non-hydrogen) atoms. The van der Waals surface area contributed by atoms with Crippen molar-refractivity contribution >= 4 is 17.9 Å². The zero-order valence-corrected chi connectivity index (χ0v) is 37.1. The number of carbonyl (C=O) groups is 3. The van der Waals surface area contributed by atoms with E-state index in [0.29, 0.717) is 25.7 Å². The van der Waals surface area contributed by atoms with Crippen molar-refractivity contribution in [3.63, 3.8) is 0 Å². The molecule has 0 spiro atoms. The Hall–Kier alpha value is -3.15. The van der Waals surface area contributed by atoms with Gasteiger partial charge in [-0.25, -0.2) is 0 Å². The van der Waals surface area contributed by atoms with Gasteiger partial charge in [0.05, 0.1) is 0 Å². The Labute approximate surface area is 351 Å². The molecule has 0 aromatic rings. The second-order valence-corrected chi connectivity index (χ2v) is 15.3. The lowest BCUT2D eigenvalue weighted by atomic mass is 10.1. The molecule has 0 aromatic heterocycles. The third-order valence-electron chi connectivity index (χ3n) is 9.66. The number of hydrogen-bond acceptors (Lipinski definition) is 6. The fraction of sp³-hybridized carbons (Fsp3) is 0.706. The van der Waals surface area contributed by atoms with Crippen LogP contribution >= 0.6 is 0 Å². The molecule has 0 saturated carbocycles. The van der Waals surface area contributed by atoms with Gasteiger partial charge < -0.3 is 14.2 Å². The van der Waals surface area contributed by atoms with Crippen LogP contribution in [0.5, 0.6) is 0 Å². The van der Waals surface area contributed by atoms with Crippen LogP contribution in [-0.2, 0) is 28.6 Å². The van der Waals surface area contributed by atoms with E-state index in [4.69, 9.17) is 14.2 Å². The fourth-order valence-corrected chi connectivity index (χ4v) is 6.12. The van der Waals surface area contributed by atoms with E-state index in [0.717, 1.165) is 103 Å². The SMILES string of the molecule is CC/C=C\C/C=C\C/C=C\C/C=C\CCCCCCCCC(=O)OCC(COC(=O)CCC/C=C\CCCCCC)OC(=O)CCCCCCC/C=C\CCCC. The molecule has 0 fully saturated rings. The molecule has 1 atom stereocenters. The van der Waals surface area contributed by atoms with E-state index >= 15 is 0 Å². The monoisotopic (exact) mass is 795 g/mol. The third kappa shape index (κ3) is 43.8. The van der Waals surface area contributed by atoms with Crippen molar-refractivity contribution in [2.45, 2.75) is 219 Å². The first-order valence-electron chi connectivity index (χ1n) is 23.4. The summed E-state index contributed by atoms with van der Waals surface area (Å²) in [6.45, 7) is 6.39. The summed E-state index contributed by atoms with van der Waals surface area (Å²) in [6.07, 6.45) is 56.1. The molecule has 0 saturated heterocycles. The topological polar surface area (TPSA) is 78.9 Å². The van der Waals surface area contributed by atoms with Crippen molar-refractivity contribution in [1.82, 2.24) is 0 Å². The highest BCUT2D eigenvalue weighted by Gasteiger charge is 2.19. The molecule has 6 nitrogen and oxygen atoms in total. The zero-order chi connectivity index (χ0) is 41.5. The Morgan fingerprint density at radius 2 is 0.719 bits per heavy atom. The molecular formula is C51H86O6. The largest absolute Gasteiger partial charge is 0.462 e. The molecule has 0 amide bonds. The Morgan fingerprint density at radius 1 is 0.368 bits per heavy atom. The van der Waals surface area contributed by atoms with E-state index < -0.39 is 6.10 Å². The minimum Gasteiger partial charge on any atom is -0.462 e. The summed E-state index contributed by atoms with van der Waals surface area (Å²) in [7, 11) is 0. The van der Waals surface area contributed by atoms with Gasteiger partial charge in [0.2, 0.25) is 0 Å². The van der Waals surface area contributed by atoms with Crippen LogP contribution in [-0.4, -0.2) is 37.2 Å². The van der Waals surface area contributed by atoms with Crippen molar-refractivity contribution in [2.24, 2.45) is 0 Å². The van der Waals surface area contributed by atoms with Crippen LogP contribution in [0.25, 0.3) is 0 Å². The summed E-state index contributed by atoms with van der Waals surface area (Å²) >= 11 is 0. The van der Waals surface area contributed by atoms with E-state index in [9.17, 15) is 14.4 Å². The average molecular weight is 795 g/mol. The summed E-state index contributed by atoms with van der Waals surface area (Å²) in [6, 6.07) is 0. The lowest BCUT2D eigenvalue weighted by Crippen LogP contribution is -2.30. The number of allylic oxidation sites excluding steroid dienone is 12. The maximum Gasteiger partial charge on any atom is 0.306 e. The molecule has 1 unspecified atom stereocenters. The number of rotatable bonds is 41. The van der Waals surface area contributed by atoms with Gasteiger partial charge in [0.1, 0.15) is 13.2 Å². The van der Waals surface area contributed by atoms with Crippen molar-refractivity contribution < 1.29 is 28.6 Å². The quantitative estimate of drug-likeness (QED) is 0.0265. The average Bonchev–Trinajstić information content (AvgIpc) is 3.21. The molecule has 0 aliphatic rings. The first kappa shape index (κ1) is 53.9. The Kier molecular flexibility index (Phi) is 43.0.